The van der Waals surface area contributed by atoms with Gasteiger partial charge in [-0.15, -0.1) is 0 Å². The van der Waals surface area contributed by atoms with E-state index in [1.807, 2.05) is 12.1 Å². The van der Waals surface area contributed by atoms with Crippen LogP contribution >= 0.6 is 15.9 Å². The second-order valence-corrected chi connectivity index (χ2v) is 5.28. The molecule has 5 nitrogen and oxygen atoms in total. The second kappa shape index (κ2) is 6.49. The third-order valence-corrected chi connectivity index (χ3v) is 3.60. The van der Waals surface area contributed by atoms with Crippen LogP contribution in [0.2, 0.25) is 0 Å². The first kappa shape index (κ1) is 15.2. The molecular formula is C15H15BrN2O3. The molecular weight excluding hydrogens is 336 g/mol. The summed E-state index contributed by atoms with van der Waals surface area (Å²) < 4.78 is 11.2. The van der Waals surface area contributed by atoms with Crippen molar-refractivity contribution in [2.75, 3.05) is 18.6 Å². The minimum absolute atomic E-state index is 0.116. The monoisotopic (exact) mass is 350 g/mol. The lowest BCUT2D eigenvalue weighted by Gasteiger charge is -2.09. The van der Waals surface area contributed by atoms with Crippen molar-refractivity contribution < 1.29 is 14.3 Å². The van der Waals surface area contributed by atoms with Crippen LogP contribution < -0.4 is 16.2 Å². The molecule has 0 radical (unpaired) electrons. The minimum Gasteiger partial charge on any atom is -0.497 e. The molecule has 0 spiro atoms. The number of nitrogen functional groups attached to an aromatic ring is 2. The van der Waals surface area contributed by atoms with E-state index in [-0.39, 0.29) is 6.61 Å². The third-order valence-electron chi connectivity index (χ3n) is 2.83. The Hall–Kier alpha value is -2.21. The average Bonchev–Trinajstić information content (AvgIpc) is 2.45. The van der Waals surface area contributed by atoms with Crippen molar-refractivity contribution in [1.29, 1.82) is 0 Å². The van der Waals surface area contributed by atoms with Crippen LogP contribution in [0.25, 0.3) is 0 Å². The van der Waals surface area contributed by atoms with Gasteiger partial charge in [-0.25, -0.2) is 4.79 Å². The molecule has 2 aromatic rings. The van der Waals surface area contributed by atoms with Crippen molar-refractivity contribution in [3.8, 4) is 5.75 Å². The number of nitrogens with two attached hydrogens (primary N) is 2. The van der Waals surface area contributed by atoms with Crippen LogP contribution in [0.5, 0.6) is 5.75 Å². The molecule has 0 amide bonds. The molecule has 2 aromatic carbocycles. The molecule has 0 heterocycles. The summed E-state index contributed by atoms with van der Waals surface area (Å²) >= 11 is 3.40. The molecule has 0 fully saturated rings. The fourth-order valence-electron chi connectivity index (χ4n) is 1.81. The summed E-state index contributed by atoms with van der Waals surface area (Å²) in [4.78, 5) is 12.0. The van der Waals surface area contributed by atoms with E-state index in [0.717, 1.165) is 10.0 Å². The number of rotatable bonds is 4. The number of hydrogen-bond donors (Lipinski definition) is 2. The Kier molecular flexibility index (Phi) is 4.70. The number of anilines is 2. The smallest absolute Gasteiger partial charge is 0.338 e. The van der Waals surface area contributed by atoms with E-state index in [2.05, 4.69) is 15.9 Å². The van der Waals surface area contributed by atoms with Crippen LogP contribution in [0, 0.1) is 0 Å². The topological polar surface area (TPSA) is 87.6 Å². The van der Waals surface area contributed by atoms with Gasteiger partial charge in [0.15, 0.2) is 0 Å². The first-order chi connectivity index (χ1) is 9.99. The van der Waals surface area contributed by atoms with E-state index in [9.17, 15) is 4.79 Å². The number of benzene rings is 2. The third kappa shape index (κ3) is 3.88. The van der Waals surface area contributed by atoms with Crippen molar-refractivity contribution in [3.05, 3.63) is 52.0 Å². The maximum absolute atomic E-state index is 12.0. The first-order valence-corrected chi connectivity index (χ1v) is 6.94. The zero-order valence-corrected chi connectivity index (χ0v) is 13.0. The zero-order valence-electron chi connectivity index (χ0n) is 11.4. The highest BCUT2D eigenvalue weighted by molar-refractivity contribution is 9.10. The number of carbonyl (C=O) groups excluding carboxylic acids is 1. The molecule has 0 saturated heterocycles. The van der Waals surface area contributed by atoms with Crippen LogP contribution in [0.3, 0.4) is 0 Å². The number of hydrogen-bond acceptors (Lipinski definition) is 5. The van der Waals surface area contributed by atoms with Crippen LogP contribution in [0.4, 0.5) is 11.4 Å². The van der Waals surface area contributed by atoms with Crippen molar-refractivity contribution in [3.63, 3.8) is 0 Å². The van der Waals surface area contributed by atoms with E-state index in [0.29, 0.717) is 22.7 Å². The number of ether oxygens (including phenoxy) is 2. The summed E-state index contributed by atoms with van der Waals surface area (Å²) in [6, 6.07) is 10.1. The highest BCUT2D eigenvalue weighted by atomic mass is 79.9. The lowest BCUT2D eigenvalue weighted by Crippen LogP contribution is -2.07. The fraction of sp³-hybridized carbons (Fsp3) is 0.133. The summed E-state index contributed by atoms with van der Waals surface area (Å²) in [7, 11) is 1.58. The summed E-state index contributed by atoms with van der Waals surface area (Å²) in [5.41, 5.74) is 13.3. The van der Waals surface area contributed by atoms with E-state index in [1.165, 1.54) is 12.1 Å². The number of methoxy groups -OCH3 is 1. The number of carbonyl (C=O) groups is 1. The van der Waals surface area contributed by atoms with Gasteiger partial charge in [0.05, 0.1) is 12.7 Å². The highest BCUT2D eigenvalue weighted by Crippen LogP contribution is 2.23. The van der Waals surface area contributed by atoms with Crippen LogP contribution in [0.1, 0.15) is 15.9 Å². The van der Waals surface area contributed by atoms with Gasteiger partial charge >= 0.3 is 5.97 Å². The van der Waals surface area contributed by atoms with E-state index >= 15 is 0 Å². The van der Waals surface area contributed by atoms with Gasteiger partial charge in [0, 0.05) is 21.4 Å². The maximum atomic E-state index is 12.0. The van der Waals surface area contributed by atoms with Crippen molar-refractivity contribution >= 4 is 33.3 Å². The van der Waals surface area contributed by atoms with Gasteiger partial charge in [0.2, 0.25) is 0 Å². The van der Waals surface area contributed by atoms with Crippen LogP contribution in [-0.4, -0.2) is 13.1 Å². The Morgan fingerprint density at radius 1 is 1.14 bits per heavy atom. The lowest BCUT2D eigenvalue weighted by atomic mass is 10.2. The summed E-state index contributed by atoms with van der Waals surface area (Å²) in [5.74, 6) is 0.209. The van der Waals surface area contributed by atoms with Gasteiger partial charge in [0.25, 0.3) is 0 Å². The van der Waals surface area contributed by atoms with Gasteiger partial charge in [-0.3, -0.25) is 0 Å². The average molecular weight is 351 g/mol. The molecule has 6 heteroatoms. The Morgan fingerprint density at radius 2 is 1.81 bits per heavy atom. The molecule has 0 aromatic heterocycles. The van der Waals surface area contributed by atoms with Crippen molar-refractivity contribution in [2.24, 2.45) is 0 Å². The molecule has 2 rings (SSSR count). The predicted molar refractivity (Wildman–Crippen MR) is 85.1 cm³/mol. The van der Waals surface area contributed by atoms with Crippen molar-refractivity contribution in [2.45, 2.75) is 6.61 Å². The molecule has 0 unspecified atom stereocenters. The van der Waals surface area contributed by atoms with Gasteiger partial charge in [-0.05, 0) is 36.4 Å². The maximum Gasteiger partial charge on any atom is 0.338 e. The molecule has 0 atom stereocenters. The molecule has 0 aliphatic carbocycles. The van der Waals surface area contributed by atoms with Crippen molar-refractivity contribution in [1.82, 2.24) is 0 Å². The molecule has 0 aliphatic rings. The predicted octanol–water partition coefficient (Wildman–Crippen LogP) is 2.98. The Labute approximate surface area is 131 Å². The molecule has 4 N–H and O–H groups in total. The van der Waals surface area contributed by atoms with Crippen LogP contribution in [-0.2, 0) is 11.3 Å². The van der Waals surface area contributed by atoms with E-state index in [1.54, 1.807) is 19.2 Å². The Balaban J connectivity index is 2.10. The largest absolute Gasteiger partial charge is 0.497 e. The molecule has 0 bridgehead atoms. The summed E-state index contributed by atoms with van der Waals surface area (Å²) in [5, 5.41) is 0. The molecule has 0 saturated carbocycles. The zero-order chi connectivity index (χ0) is 15.4. The van der Waals surface area contributed by atoms with Gasteiger partial charge in [-0.1, -0.05) is 15.9 Å². The summed E-state index contributed by atoms with van der Waals surface area (Å²) in [6.07, 6.45) is 0. The van der Waals surface area contributed by atoms with E-state index < -0.39 is 5.97 Å². The van der Waals surface area contributed by atoms with Gasteiger partial charge < -0.3 is 20.9 Å². The molecule has 21 heavy (non-hydrogen) atoms. The minimum atomic E-state index is -0.483. The Morgan fingerprint density at radius 3 is 2.43 bits per heavy atom. The standard InChI is InChI=1S/C15H15BrN2O3/c1-20-13-2-3-14(16)10(6-13)8-21-15(19)9-4-11(17)7-12(18)5-9/h2-7H,8,17-18H2,1H3. The van der Waals surface area contributed by atoms with Gasteiger partial charge in [-0.2, -0.15) is 0 Å². The fourth-order valence-corrected chi connectivity index (χ4v) is 2.17. The molecule has 0 aliphatic heterocycles. The normalized spacial score (nSPS) is 10.2. The van der Waals surface area contributed by atoms with E-state index in [4.69, 9.17) is 20.9 Å². The Bertz CT molecular complexity index is 654. The first-order valence-electron chi connectivity index (χ1n) is 6.15. The lowest BCUT2D eigenvalue weighted by molar-refractivity contribution is 0.0472. The second-order valence-electron chi connectivity index (χ2n) is 4.42. The number of esters is 1. The number of halogens is 1. The molecule has 110 valence electrons. The summed E-state index contributed by atoms with van der Waals surface area (Å²) in [6.45, 7) is 0.116. The van der Waals surface area contributed by atoms with Gasteiger partial charge in [0.1, 0.15) is 12.4 Å². The van der Waals surface area contributed by atoms with Crippen LogP contribution in [0.15, 0.2) is 40.9 Å². The quantitative estimate of drug-likeness (QED) is 0.653. The SMILES string of the molecule is COc1ccc(Br)c(COC(=O)c2cc(N)cc(N)c2)c1. The highest BCUT2D eigenvalue weighted by Gasteiger charge is 2.11.